The van der Waals surface area contributed by atoms with Gasteiger partial charge in [0.25, 0.3) is 0 Å². The number of ether oxygens (including phenoxy) is 2. The van der Waals surface area contributed by atoms with Crippen molar-refractivity contribution in [3.05, 3.63) is 177 Å². The Bertz CT molecular complexity index is 3380. The van der Waals surface area contributed by atoms with E-state index in [0.717, 1.165) is 39.6 Å². The number of pyridine rings is 1. The van der Waals surface area contributed by atoms with Gasteiger partial charge in [-0.15, -0.1) is 22.7 Å². The van der Waals surface area contributed by atoms with Gasteiger partial charge in [0.15, 0.2) is 43.0 Å². The monoisotopic (exact) mass is 1030 g/mol. The molecular weight excluding hydrogens is 987 g/mol. The first-order valence-electron chi connectivity index (χ1n) is 21.4. The van der Waals surface area contributed by atoms with E-state index in [-0.39, 0.29) is 45.0 Å². The summed E-state index contributed by atoms with van der Waals surface area (Å²) in [5, 5.41) is 23.6. The molecule has 4 heterocycles. The van der Waals surface area contributed by atoms with Crippen molar-refractivity contribution in [2.75, 3.05) is 41.2 Å². The number of sulfone groups is 1. The molecule has 20 nitrogen and oxygen atoms in total. The number of hydrogen-bond acceptors (Lipinski definition) is 17. The largest absolute Gasteiger partial charge is 0.496 e. The quantitative estimate of drug-likeness (QED) is 0.0533. The number of rotatable bonds is 17. The summed E-state index contributed by atoms with van der Waals surface area (Å²) in [6.07, 6.45) is 5.95. The maximum absolute atomic E-state index is 13.3. The molecule has 23 heteroatoms. The number of ketones is 2. The molecule has 4 aromatic carbocycles. The second kappa shape index (κ2) is 23.3. The van der Waals surface area contributed by atoms with Crippen molar-refractivity contribution in [1.82, 2.24) is 25.1 Å². The first kappa shape index (κ1) is 51.2. The van der Waals surface area contributed by atoms with Gasteiger partial charge in [-0.1, -0.05) is 52.7 Å². The number of benzene rings is 4. The normalized spacial score (nSPS) is 10.8. The van der Waals surface area contributed by atoms with Crippen molar-refractivity contribution in [2.24, 2.45) is 0 Å². The molecule has 8 rings (SSSR count). The number of para-hydroxylation sites is 2. The second-order valence-electron chi connectivity index (χ2n) is 15.3. The van der Waals surface area contributed by atoms with Crippen molar-refractivity contribution >= 4 is 83.7 Å². The molecule has 72 heavy (non-hydrogen) atoms. The van der Waals surface area contributed by atoms with Gasteiger partial charge in [0, 0.05) is 39.5 Å². The molecule has 368 valence electrons. The molecule has 0 aliphatic carbocycles. The van der Waals surface area contributed by atoms with Crippen LogP contribution < -0.4 is 30.7 Å². The molecule has 0 unspecified atom stereocenters. The highest BCUT2D eigenvalue weighted by Gasteiger charge is 2.22. The molecule has 4 amide bonds. The van der Waals surface area contributed by atoms with Crippen molar-refractivity contribution in [3.8, 4) is 11.5 Å². The van der Waals surface area contributed by atoms with Gasteiger partial charge >= 0.3 is 18.0 Å². The van der Waals surface area contributed by atoms with Crippen LogP contribution in [0.4, 0.5) is 31.2 Å². The lowest BCUT2D eigenvalue weighted by molar-refractivity contribution is 0.0695. The Morgan fingerprint density at radius 3 is 1.64 bits per heavy atom. The number of carbonyl (C=O) groups excluding carboxylic acids is 4. The van der Waals surface area contributed by atoms with Crippen LogP contribution in [0.5, 0.6) is 11.5 Å². The number of urea groups is 2. The van der Waals surface area contributed by atoms with Crippen LogP contribution in [0, 0.1) is 13.8 Å². The summed E-state index contributed by atoms with van der Waals surface area (Å²) in [6.45, 7) is 3.71. The smallest absolute Gasteiger partial charge is 0.337 e. The number of aromatic nitrogens is 5. The summed E-state index contributed by atoms with van der Waals surface area (Å²) in [5.41, 5.74) is 3.70. The van der Waals surface area contributed by atoms with E-state index >= 15 is 0 Å². The highest BCUT2D eigenvalue weighted by molar-refractivity contribution is 7.91. The lowest BCUT2D eigenvalue weighted by Gasteiger charge is -2.13. The Morgan fingerprint density at radius 1 is 0.625 bits per heavy atom. The number of aryl methyl sites for hydroxylation is 3. The number of methoxy groups -OCH3 is 2. The molecule has 0 saturated carbocycles. The third kappa shape index (κ3) is 13.1. The van der Waals surface area contributed by atoms with Gasteiger partial charge in [-0.3, -0.25) is 20.2 Å². The van der Waals surface area contributed by atoms with E-state index < -0.39 is 27.9 Å². The summed E-state index contributed by atoms with van der Waals surface area (Å²) in [4.78, 5) is 80.3. The lowest BCUT2D eigenvalue weighted by atomic mass is 9.99. The first-order valence-corrected chi connectivity index (χ1v) is 24.7. The Kier molecular flexibility index (Phi) is 16.6. The zero-order valence-corrected chi connectivity index (χ0v) is 41.1. The van der Waals surface area contributed by atoms with Crippen LogP contribution in [0.1, 0.15) is 69.0 Å². The highest BCUT2D eigenvalue weighted by atomic mass is 32.2. The molecule has 0 atom stereocenters. The SMILES string of the molecule is COc1ccccc1C(=O)c1cc(C)ccc1NC(=O)Nc1ncc(CCS(=O)(=O)c2ccc(C(=O)O)cn2)s1.COc1ccccc1C(=O)c1cc(C)ccc1NC(=O)Nc1ncc(Cc2ncno2)s1. The number of carboxylic acid groups (broad SMARTS) is 1. The Balaban J connectivity index is 0.000000216. The van der Waals surface area contributed by atoms with Gasteiger partial charge in [-0.25, -0.2) is 37.8 Å². The van der Waals surface area contributed by atoms with E-state index in [9.17, 15) is 32.4 Å². The number of carboxylic acids is 1. The Labute approximate surface area is 419 Å². The van der Waals surface area contributed by atoms with Crippen LogP contribution in [-0.4, -0.2) is 88.2 Å². The third-order valence-corrected chi connectivity index (χ3v) is 13.7. The number of carbonyl (C=O) groups is 5. The summed E-state index contributed by atoms with van der Waals surface area (Å²) in [5.74, 6) is -0.715. The van der Waals surface area contributed by atoms with Crippen LogP contribution in [0.25, 0.3) is 0 Å². The van der Waals surface area contributed by atoms with Crippen LogP contribution in [0.2, 0.25) is 0 Å². The molecular formula is C49H43N9O11S3. The number of amides is 4. The fourth-order valence-corrected chi connectivity index (χ4v) is 9.67. The van der Waals surface area contributed by atoms with Gasteiger partial charge in [0.1, 0.15) is 11.5 Å². The van der Waals surface area contributed by atoms with Crippen molar-refractivity contribution in [3.63, 3.8) is 0 Å². The lowest BCUT2D eigenvalue weighted by Crippen LogP contribution is -2.21. The van der Waals surface area contributed by atoms with Crippen molar-refractivity contribution in [2.45, 2.75) is 31.7 Å². The second-order valence-corrected chi connectivity index (χ2v) is 19.6. The van der Waals surface area contributed by atoms with Gasteiger partial charge < -0.3 is 29.7 Å². The van der Waals surface area contributed by atoms with Crippen LogP contribution in [0.3, 0.4) is 0 Å². The molecule has 4 aromatic heterocycles. The minimum atomic E-state index is -3.77. The van der Waals surface area contributed by atoms with E-state index in [1.54, 1.807) is 85.1 Å². The fraction of sp³-hybridized carbons (Fsp3) is 0.143. The number of hydrogen-bond donors (Lipinski definition) is 5. The minimum Gasteiger partial charge on any atom is -0.496 e. The molecule has 8 aromatic rings. The molecule has 0 saturated heterocycles. The number of anilines is 4. The maximum atomic E-state index is 13.3. The maximum Gasteiger partial charge on any atom is 0.337 e. The van der Waals surface area contributed by atoms with Crippen LogP contribution >= 0.6 is 22.7 Å². The number of thiazole rings is 2. The highest BCUT2D eigenvalue weighted by Crippen LogP contribution is 2.29. The topological polar surface area (TPSA) is 284 Å². The number of nitrogens with zero attached hydrogens (tertiary/aromatic N) is 5. The summed E-state index contributed by atoms with van der Waals surface area (Å²) >= 11 is 2.39. The van der Waals surface area contributed by atoms with Crippen molar-refractivity contribution in [1.29, 1.82) is 0 Å². The number of aromatic carboxylic acids is 1. The predicted octanol–water partition coefficient (Wildman–Crippen LogP) is 8.75. The van der Waals surface area contributed by atoms with E-state index in [1.165, 1.54) is 44.1 Å². The Morgan fingerprint density at radius 2 is 1.15 bits per heavy atom. The first-order chi connectivity index (χ1) is 34.6. The summed E-state index contributed by atoms with van der Waals surface area (Å²) < 4.78 is 40.8. The van der Waals surface area contributed by atoms with E-state index in [2.05, 4.69) is 46.4 Å². The average Bonchev–Trinajstić information content (AvgIpc) is 4.18. The van der Waals surface area contributed by atoms with E-state index in [0.29, 0.717) is 61.9 Å². The molecule has 0 bridgehead atoms. The zero-order chi connectivity index (χ0) is 51.4. The predicted molar refractivity (Wildman–Crippen MR) is 269 cm³/mol. The van der Waals surface area contributed by atoms with Crippen LogP contribution in [-0.2, 0) is 22.7 Å². The molecule has 0 fully saturated rings. The molecule has 0 aliphatic rings. The molecule has 0 spiro atoms. The zero-order valence-electron chi connectivity index (χ0n) is 38.7. The average molecular weight is 1030 g/mol. The minimum absolute atomic E-state index is 0.112. The molecule has 0 radical (unpaired) electrons. The van der Waals surface area contributed by atoms with Gasteiger partial charge in [-0.2, -0.15) is 4.98 Å². The van der Waals surface area contributed by atoms with Crippen molar-refractivity contribution < 1.29 is 51.5 Å². The molecule has 0 aliphatic heterocycles. The van der Waals surface area contributed by atoms with Gasteiger partial charge in [0.2, 0.25) is 5.89 Å². The summed E-state index contributed by atoms with van der Waals surface area (Å²) in [7, 11) is -0.782. The summed E-state index contributed by atoms with van der Waals surface area (Å²) in [6, 6.07) is 25.3. The van der Waals surface area contributed by atoms with E-state index in [1.807, 2.05) is 19.9 Å². The Hall–Kier alpha value is -8.67. The number of nitrogens with one attached hydrogen (secondary N) is 4. The standard InChI is InChI=1S/C27H24N4O7S2.C22H19N5O4S/c1-16-7-9-21(20(13-16)24(32)19-5-3-4-6-22(19)38-2)30-26(35)31-27-29-15-18(39-27)11-12-40(36,37)23-10-8-17(14-28-23)25(33)34;1-13-7-8-17(16(9-13)20(28)15-5-3-4-6-18(15)30-2)26-21(29)27-22-23-11-14(32-22)10-19-24-12-25-31-19/h3-10,13-15H,11-12H2,1-2H3,(H,33,34)(H2,29,30,31,35);3-9,11-12H,10H2,1-2H3,(H2,23,26,27,29). The molecule has 5 N–H and O–H groups in total. The van der Waals surface area contributed by atoms with Crippen LogP contribution in [0.15, 0.2) is 132 Å². The third-order valence-electron chi connectivity index (χ3n) is 10.2. The van der Waals surface area contributed by atoms with E-state index in [4.69, 9.17) is 19.1 Å². The fourth-order valence-electron chi connectivity index (χ4n) is 6.75. The van der Waals surface area contributed by atoms with Gasteiger partial charge in [0.05, 0.1) is 54.5 Å². The van der Waals surface area contributed by atoms with Gasteiger partial charge in [-0.05, 0) is 80.9 Å².